The molecule has 0 bridgehead atoms. The Labute approximate surface area is 206 Å². The predicted molar refractivity (Wildman–Crippen MR) is 137 cm³/mol. The Kier molecular flexibility index (Phi) is 10.4. The summed E-state index contributed by atoms with van der Waals surface area (Å²) < 4.78 is 27.8. The molecule has 1 aliphatic rings. The molecule has 34 heavy (non-hydrogen) atoms. The first-order valence-electron chi connectivity index (χ1n) is 12.3. The fourth-order valence-corrected chi connectivity index (χ4v) is 4.82. The van der Waals surface area contributed by atoms with Crippen molar-refractivity contribution in [2.24, 2.45) is 0 Å². The number of benzene rings is 2. The molecule has 1 fully saturated rings. The highest BCUT2D eigenvalue weighted by Gasteiger charge is 2.26. The van der Waals surface area contributed by atoms with Crippen LogP contribution in [0.1, 0.15) is 43.9 Å². The Morgan fingerprint density at radius 3 is 2.50 bits per heavy atom. The van der Waals surface area contributed by atoms with Crippen LogP contribution in [0.2, 0.25) is 6.04 Å². The summed E-state index contributed by atoms with van der Waals surface area (Å²) >= 11 is 0. The number of hydrogen-bond acceptors (Lipinski definition) is 6. The molecule has 188 valence electrons. The molecule has 7 heteroatoms. The monoisotopic (exact) mass is 488 g/mol. The minimum atomic E-state index is -0.643. The van der Waals surface area contributed by atoms with Crippen molar-refractivity contribution < 1.29 is 28.5 Å². The maximum atomic E-state index is 10.1. The van der Waals surface area contributed by atoms with Crippen LogP contribution in [0.25, 0.3) is 0 Å². The van der Waals surface area contributed by atoms with Crippen molar-refractivity contribution in [1.29, 1.82) is 0 Å². The Balaban J connectivity index is 1.45. The minimum Gasteiger partial charge on any atom is -0.491 e. The third-order valence-electron chi connectivity index (χ3n) is 6.07. The second-order valence-electron chi connectivity index (χ2n) is 9.34. The van der Waals surface area contributed by atoms with Crippen molar-refractivity contribution >= 4 is 9.76 Å². The molecule has 3 rings (SSSR count). The van der Waals surface area contributed by atoms with Crippen molar-refractivity contribution in [2.45, 2.75) is 57.8 Å². The van der Waals surface area contributed by atoms with Crippen LogP contribution in [-0.4, -0.2) is 66.7 Å². The summed E-state index contributed by atoms with van der Waals surface area (Å²) in [6, 6.07) is 15.5. The van der Waals surface area contributed by atoms with E-state index < -0.39 is 15.9 Å². The lowest BCUT2D eigenvalue weighted by atomic mass is 9.76. The summed E-state index contributed by atoms with van der Waals surface area (Å²) in [4.78, 5) is 0. The lowest BCUT2D eigenvalue weighted by molar-refractivity contribution is 0.0122. The van der Waals surface area contributed by atoms with E-state index in [1.165, 1.54) is 16.7 Å². The number of aliphatic hydroxyl groups excluding tert-OH is 1. The molecule has 0 spiro atoms. The minimum absolute atomic E-state index is 0.168. The molecule has 1 aliphatic heterocycles. The highest BCUT2D eigenvalue weighted by molar-refractivity contribution is 6.26. The van der Waals surface area contributed by atoms with Gasteiger partial charge in [-0.3, -0.25) is 0 Å². The Bertz CT molecular complexity index is 866. The molecule has 1 heterocycles. The summed E-state index contributed by atoms with van der Waals surface area (Å²) in [5.74, 6) is 1.62. The van der Waals surface area contributed by atoms with Gasteiger partial charge in [0.25, 0.3) is 0 Å². The van der Waals surface area contributed by atoms with Gasteiger partial charge in [-0.25, -0.2) is 0 Å². The molecular formula is C27H40O6Si. The van der Waals surface area contributed by atoms with Gasteiger partial charge in [0.2, 0.25) is 0 Å². The largest absolute Gasteiger partial charge is 0.491 e. The highest BCUT2D eigenvalue weighted by atomic mass is 28.2. The van der Waals surface area contributed by atoms with E-state index in [4.69, 9.17) is 23.4 Å². The zero-order valence-corrected chi connectivity index (χ0v) is 22.5. The van der Waals surface area contributed by atoms with Crippen molar-refractivity contribution in [1.82, 2.24) is 0 Å². The second kappa shape index (κ2) is 13.3. The van der Waals surface area contributed by atoms with E-state index >= 15 is 0 Å². The molecule has 2 aromatic carbocycles. The Hall–Kier alpha value is -1.90. The van der Waals surface area contributed by atoms with Gasteiger partial charge in [0.1, 0.15) is 36.9 Å². The van der Waals surface area contributed by atoms with Crippen LogP contribution in [-0.2, 0) is 19.3 Å². The van der Waals surface area contributed by atoms with Crippen LogP contribution in [0, 0.1) is 6.92 Å². The van der Waals surface area contributed by atoms with Gasteiger partial charge in [0.15, 0.2) is 9.76 Å². The van der Waals surface area contributed by atoms with Crippen molar-refractivity contribution in [3.63, 3.8) is 0 Å². The van der Waals surface area contributed by atoms with Gasteiger partial charge in [-0.2, -0.15) is 0 Å². The number of aryl methyl sites for hydroxylation is 1. The van der Waals surface area contributed by atoms with Gasteiger partial charge >= 0.3 is 0 Å². The van der Waals surface area contributed by atoms with Crippen LogP contribution < -0.4 is 9.47 Å². The van der Waals surface area contributed by atoms with Crippen molar-refractivity contribution in [3.05, 3.63) is 59.2 Å². The number of epoxide rings is 1. The maximum Gasteiger partial charge on any atom is 0.161 e. The molecule has 1 N–H and O–H groups in total. The van der Waals surface area contributed by atoms with E-state index in [0.29, 0.717) is 13.2 Å². The van der Waals surface area contributed by atoms with Crippen LogP contribution in [0.15, 0.2) is 42.5 Å². The summed E-state index contributed by atoms with van der Waals surface area (Å²) in [6.07, 6.45) is 0.597. The second-order valence-corrected chi connectivity index (χ2v) is 10.9. The average molecular weight is 489 g/mol. The molecule has 2 unspecified atom stereocenters. The molecule has 2 atom stereocenters. The van der Waals surface area contributed by atoms with Crippen molar-refractivity contribution in [2.75, 3.05) is 39.6 Å². The van der Waals surface area contributed by atoms with Crippen LogP contribution in [0.4, 0.5) is 0 Å². The zero-order chi connectivity index (χ0) is 24.4. The topological polar surface area (TPSA) is 69.7 Å². The fraction of sp³-hybridized carbons (Fsp3) is 0.556. The summed E-state index contributed by atoms with van der Waals surface area (Å²) in [5.41, 5.74) is 3.48. The molecule has 1 saturated heterocycles. The third kappa shape index (κ3) is 8.39. The number of rotatable bonds is 16. The van der Waals surface area contributed by atoms with E-state index in [0.717, 1.165) is 37.2 Å². The van der Waals surface area contributed by atoms with E-state index in [9.17, 15) is 5.11 Å². The number of ether oxygens (including phenoxy) is 4. The van der Waals surface area contributed by atoms with E-state index in [1.807, 2.05) is 25.1 Å². The molecule has 2 aromatic rings. The number of hydrogen-bond donors (Lipinski definition) is 1. The van der Waals surface area contributed by atoms with E-state index in [2.05, 4.69) is 45.0 Å². The Morgan fingerprint density at radius 2 is 1.82 bits per heavy atom. The van der Waals surface area contributed by atoms with Crippen molar-refractivity contribution in [3.8, 4) is 11.5 Å². The third-order valence-corrected chi connectivity index (χ3v) is 7.56. The average Bonchev–Trinajstić information content (AvgIpc) is 3.65. The summed E-state index contributed by atoms with van der Waals surface area (Å²) in [7, 11) is -0.396. The molecule has 0 saturated carbocycles. The van der Waals surface area contributed by atoms with Gasteiger partial charge in [-0.05, 0) is 67.3 Å². The van der Waals surface area contributed by atoms with Crippen LogP contribution in [0.3, 0.4) is 0 Å². The van der Waals surface area contributed by atoms with Crippen LogP contribution in [0.5, 0.6) is 11.5 Å². The molecule has 6 nitrogen and oxygen atoms in total. The van der Waals surface area contributed by atoms with E-state index in [-0.39, 0.29) is 24.7 Å². The van der Waals surface area contributed by atoms with Crippen LogP contribution >= 0.6 is 0 Å². The standard InChI is InChI=1S/C27H40O6Si/c1-5-33-34-14-6-13-29-16-22(28)17-30-23-9-7-21(8-10-23)27(3,4)26-12-11-24(15-20(26)2)31-18-25-19-32-25/h7-12,15,22,25,28H,5-6,13-14,16-19,34H2,1-4H3. The first-order chi connectivity index (χ1) is 16.4. The lowest BCUT2D eigenvalue weighted by Crippen LogP contribution is -2.24. The molecule has 0 amide bonds. The molecular weight excluding hydrogens is 448 g/mol. The first kappa shape index (κ1) is 26.7. The quantitative estimate of drug-likeness (QED) is 0.220. The highest BCUT2D eigenvalue weighted by Crippen LogP contribution is 2.35. The van der Waals surface area contributed by atoms with Gasteiger partial charge < -0.3 is 28.5 Å². The predicted octanol–water partition coefficient (Wildman–Crippen LogP) is 3.78. The molecule has 0 aromatic heterocycles. The SMILES string of the molecule is CCO[SiH2]CCCOCC(O)COc1ccc(C(C)(C)c2ccc(OCC3CO3)cc2C)cc1. The van der Waals surface area contributed by atoms with Gasteiger partial charge in [0.05, 0.1) is 13.2 Å². The normalized spacial score (nSPS) is 16.7. The number of aliphatic hydroxyl groups is 1. The van der Waals surface area contributed by atoms with Gasteiger partial charge in [-0.15, -0.1) is 0 Å². The summed E-state index contributed by atoms with van der Waals surface area (Å²) in [5, 5.41) is 10.1. The molecule has 0 aliphatic carbocycles. The zero-order valence-electron chi connectivity index (χ0n) is 21.0. The van der Waals surface area contributed by atoms with E-state index in [1.54, 1.807) is 0 Å². The van der Waals surface area contributed by atoms with Gasteiger partial charge in [0, 0.05) is 18.6 Å². The summed E-state index contributed by atoms with van der Waals surface area (Å²) in [6.45, 7) is 12.0. The lowest BCUT2D eigenvalue weighted by Gasteiger charge is -2.28. The fourth-order valence-electron chi connectivity index (χ4n) is 3.92. The maximum absolute atomic E-state index is 10.1. The first-order valence-corrected chi connectivity index (χ1v) is 13.9. The van der Waals surface area contributed by atoms with Gasteiger partial charge in [-0.1, -0.05) is 32.0 Å². The smallest absolute Gasteiger partial charge is 0.161 e. The molecule has 0 radical (unpaired) electrons. The Morgan fingerprint density at radius 1 is 1.09 bits per heavy atom.